The Bertz CT molecular complexity index is 705. The standard InChI is InChI=1S/C21H26O5/c1-13(15-7-9-17(23-3)19(11-15)25-5)21(22)14(2)16-8-10-18(24-4)20(12-16)26-6/h7-14H,1-6H3. The fourth-order valence-corrected chi connectivity index (χ4v) is 2.95. The van der Waals surface area contributed by atoms with Gasteiger partial charge < -0.3 is 18.9 Å². The second-order valence-electron chi connectivity index (χ2n) is 6.07. The number of hydrogen-bond donors (Lipinski definition) is 0. The zero-order valence-electron chi connectivity index (χ0n) is 16.2. The molecule has 0 aliphatic heterocycles. The number of methoxy groups -OCH3 is 4. The molecular weight excluding hydrogens is 332 g/mol. The summed E-state index contributed by atoms with van der Waals surface area (Å²) in [7, 11) is 6.34. The Kier molecular flexibility index (Phi) is 6.50. The van der Waals surface area contributed by atoms with Crippen molar-refractivity contribution in [1.29, 1.82) is 0 Å². The van der Waals surface area contributed by atoms with Crippen LogP contribution < -0.4 is 18.9 Å². The normalized spacial score (nSPS) is 12.8. The fraction of sp³-hybridized carbons (Fsp3) is 0.381. The van der Waals surface area contributed by atoms with Crippen LogP contribution in [-0.2, 0) is 4.79 Å². The Morgan fingerprint density at radius 2 is 1.00 bits per heavy atom. The van der Waals surface area contributed by atoms with Crippen LogP contribution in [0, 0.1) is 0 Å². The summed E-state index contributed by atoms with van der Waals surface area (Å²) in [5.41, 5.74) is 1.78. The lowest BCUT2D eigenvalue weighted by Gasteiger charge is -2.19. The molecule has 0 radical (unpaired) electrons. The third-order valence-corrected chi connectivity index (χ3v) is 4.67. The van der Waals surface area contributed by atoms with E-state index in [-0.39, 0.29) is 17.6 Å². The van der Waals surface area contributed by atoms with Crippen LogP contribution in [0.5, 0.6) is 23.0 Å². The molecule has 2 unspecified atom stereocenters. The SMILES string of the molecule is COc1ccc(C(C)C(=O)C(C)c2ccc(OC)c(OC)c2)cc1OC. The molecule has 0 N–H and O–H groups in total. The van der Waals surface area contributed by atoms with Crippen molar-refractivity contribution in [2.45, 2.75) is 25.7 Å². The third-order valence-electron chi connectivity index (χ3n) is 4.67. The topological polar surface area (TPSA) is 54.0 Å². The second kappa shape index (κ2) is 8.61. The molecule has 0 heterocycles. The van der Waals surface area contributed by atoms with Crippen molar-refractivity contribution in [3.8, 4) is 23.0 Å². The maximum atomic E-state index is 13.0. The van der Waals surface area contributed by atoms with Crippen LogP contribution in [0.25, 0.3) is 0 Å². The predicted octanol–water partition coefficient (Wildman–Crippen LogP) is 4.20. The van der Waals surface area contributed by atoms with E-state index in [1.165, 1.54) is 0 Å². The minimum absolute atomic E-state index is 0.115. The predicted molar refractivity (Wildman–Crippen MR) is 101 cm³/mol. The van der Waals surface area contributed by atoms with Gasteiger partial charge in [0.15, 0.2) is 23.0 Å². The van der Waals surface area contributed by atoms with Gasteiger partial charge in [-0.25, -0.2) is 0 Å². The minimum atomic E-state index is -0.280. The van der Waals surface area contributed by atoms with Crippen molar-refractivity contribution in [2.24, 2.45) is 0 Å². The van der Waals surface area contributed by atoms with E-state index >= 15 is 0 Å². The summed E-state index contributed by atoms with van der Waals surface area (Å²) in [4.78, 5) is 13.0. The monoisotopic (exact) mass is 358 g/mol. The lowest BCUT2D eigenvalue weighted by Crippen LogP contribution is -2.17. The van der Waals surface area contributed by atoms with Crippen molar-refractivity contribution in [3.05, 3.63) is 47.5 Å². The van der Waals surface area contributed by atoms with Gasteiger partial charge in [0.1, 0.15) is 5.78 Å². The molecular formula is C21H26O5. The van der Waals surface area contributed by atoms with E-state index in [0.717, 1.165) is 11.1 Å². The number of carbonyl (C=O) groups is 1. The number of rotatable bonds is 8. The van der Waals surface area contributed by atoms with Crippen molar-refractivity contribution in [1.82, 2.24) is 0 Å². The van der Waals surface area contributed by atoms with Gasteiger partial charge in [-0.2, -0.15) is 0 Å². The highest BCUT2D eigenvalue weighted by Crippen LogP contribution is 2.35. The van der Waals surface area contributed by atoms with Gasteiger partial charge in [0.2, 0.25) is 0 Å². The summed E-state index contributed by atoms with van der Waals surface area (Å²) in [6, 6.07) is 11.1. The molecule has 0 aliphatic carbocycles. The third kappa shape index (κ3) is 3.93. The summed E-state index contributed by atoms with van der Waals surface area (Å²) in [6.45, 7) is 3.81. The number of hydrogen-bond acceptors (Lipinski definition) is 5. The van der Waals surface area contributed by atoms with Gasteiger partial charge in [-0.1, -0.05) is 26.0 Å². The zero-order valence-corrected chi connectivity index (χ0v) is 16.2. The Labute approximate surface area is 154 Å². The number of benzene rings is 2. The first-order valence-electron chi connectivity index (χ1n) is 8.44. The van der Waals surface area contributed by atoms with Crippen molar-refractivity contribution in [3.63, 3.8) is 0 Å². The number of ether oxygens (including phenoxy) is 4. The van der Waals surface area contributed by atoms with Crippen LogP contribution in [0.2, 0.25) is 0 Å². The highest BCUT2D eigenvalue weighted by atomic mass is 16.5. The highest BCUT2D eigenvalue weighted by Gasteiger charge is 2.24. The molecule has 0 amide bonds. The average molecular weight is 358 g/mol. The van der Waals surface area contributed by atoms with Gasteiger partial charge in [-0.05, 0) is 35.4 Å². The minimum Gasteiger partial charge on any atom is -0.493 e. The first-order valence-corrected chi connectivity index (χ1v) is 8.44. The van der Waals surface area contributed by atoms with Crippen molar-refractivity contribution >= 4 is 5.78 Å². The Morgan fingerprint density at radius 3 is 1.31 bits per heavy atom. The van der Waals surface area contributed by atoms with Crippen LogP contribution in [0.15, 0.2) is 36.4 Å². The zero-order chi connectivity index (χ0) is 19.3. The quantitative estimate of drug-likeness (QED) is 0.708. The van der Waals surface area contributed by atoms with E-state index in [9.17, 15) is 4.79 Å². The summed E-state index contributed by atoms with van der Waals surface area (Å²) in [5, 5.41) is 0. The summed E-state index contributed by atoms with van der Waals surface area (Å²) in [6.07, 6.45) is 0. The van der Waals surface area contributed by atoms with Gasteiger partial charge in [0.25, 0.3) is 0 Å². The molecule has 5 nitrogen and oxygen atoms in total. The van der Waals surface area contributed by atoms with E-state index in [0.29, 0.717) is 23.0 Å². The molecule has 0 aliphatic rings. The van der Waals surface area contributed by atoms with E-state index in [2.05, 4.69) is 0 Å². The van der Waals surface area contributed by atoms with Gasteiger partial charge in [-0.3, -0.25) is 4.79 Å². The number of ketones is 1. The molecule has 2 aromatic rings. The maximum Gasteiger partial charge on any atom is 0.161 e. The Hall–Kier alpha value is -2.69. The largest absolute Gasteiger partial charge is 0.493 e. The molecule has 0 bridgehead atoms. The molecule has 0 fully saturated rings. The Balaban J connectivity index is 2.27. The van der Waals surface area contributed by atoms with Gasteiger partial charge in [0, 0.05) is 11.8 Å². The van der Waals surface area contributed by atoms with Crippen LogP contribution in [0.4, 0.5) is 0 Å². The van der Waals surface area contributed by atoms with Gasteiger partial charge in [-0.15, -0.1) is 0 Å². The lowest BCUT2D eigenvalue weighted by atomic mass is 9.85. The van der Waals surface area contributed by atoms with E-state index in [1.807, 2.05) is 50.2 Å². The summed E-state index contributed by atoms with van der Waals surface area (Å²) >= 11 is 0. The molecule has 2 aromatic carbocycles. The van der Waals surface area contributed by atoms with Crippen LogP contribution >= 0.6 is 0 Å². The summed E-state index contributed by atoms with van der Waals surface area (Å²) < 4.78 is 21.2. The van der Waals surface area contributed by atoms with Crippen molar-refractivity contribution in [2.75, 3.05) is 28.4 Å². The second-order valence-corrected chi connectivity index (χ2v) is 6.07. The van der Waals surface area contributed by atoms with Crippen LogP contribution in [0.1, 0.15) is 36.8 Å². The number of carbonyl (C=O) groups excluding carboxylic acids is 1. The van der Waals surface area contributed by atoms with Crippen molar-refractivity contribution < 1.29 is 23.7 Å². The molecule has 0 aromatic heterocycles. The fourth-order valence-electron chi connectivity index (χ4n) is 2.95. The molecule has 0 saturated heterocycles. The number of Topliss-reactive ketones (excluding diaryl/α,β-unsaturated/α-hetero) is 1. The lowest BCUT2D eigenvalue weighted by molar-refractivity contribution is -0.121. The molecule has 2 atom stereocenters. The van der Waals surface area contributed by atoms with Crippen LogP contribution in [0.3, 0.4) is 0 Å². The first kappa shape index (κ1) is 19.6. The molecule has 26 heavy (non-hydrogen) atoms. The first-order chi connectivity index (χ1) is 12.5. The van der Waals surface area contributed by atoms with Gasteiger partial charge in [0.05, 0.1) is 28.4 Å². The molecule has 0 spiro atoms. The smallest absolute Gasteiger partial charge is 0.161 e. The molecule has 2 rings (SSSR count). The maximum absolute atomic E-state index is 13.0. The van der Waals surface area contributed by atoms with E-state index < -0.39 is 0 Å². The summed E-state index contributed by atoms with van der Waals surface area (Å²) in [5.74, 6) is 2.07. The van der Waals surface area contributed by atoms with E-state index in [4.69, 9.17) is 18.9 Å². The highest BCUT2D eigenvalue weighted by molar-refractivity contribution is 5.91. The molecule has 0 saturated carbocycles. The van der Waals surface area contributed by atoms with Crippen LogP contribution in [-0.4, -0.2) is 34.2 Å². The molecule has 5 heteroatoms. The average Bonchev–Trinajstić information content (AvgIpc) is 2.70. The Morgan fingerprint density at radius 1 is 0.654 bits per heavy atom. The molecule has 140 valence electrons. The van der Waals surface area contributed by atoms with E-state index in [1.54, 1.807) is 28.4 Å². The van der Waals surface area contributed by atoms with Gasteiger partial charge >= 0.3 is 0 Å².